The fourth-order valence-electron chi connectivity index (χ4n) is 3.04. The topological polar surface area (TPSA) is 74.8 Å². The van der Waals surface area contributed by atoms with E-state index in [1.165, 1.54) is 23.4 Å². The zero-order valence-corrected chi connectivity index (χ0v) is 15.9. The van der Waals surface area contributed by atoms with Gasteiger partial charge in [-0.05, 0) is 25.5 Å². The average Bonchev–Trinajstić information content (AvgIpc) is 2.61. The molecule has 6 nitrogen and oxygen atoms in total. The van der Waals surface area contributed by atoms with Gasteiger partial charge in [-0.15, -0.1) is 0 Å². The van der Waals surface area contributed by atoms with E-state index in [1.807, 2.05) is 13.8 Å². The number of nitrogens with zero attached hydrogens (tertiary/aromatic N) is 2. The van der Waals surface area contributed by atoms with Crippen LogP contribution in [0.25, 0.3) is 0 Å². The van der Waals surface area contributed by atoms with Crippen molar-refractivity contribution in [3.8, 4) is 0 Å². The molecule has 1 aromatic carbocycles. The van der Waals surface area contributed by atoms with Crippen LogP contribution >= 0.6 is 0 Å². The largest absolute Gasteiger partial charge is 0.340 e. The summed E-state index contributed by atoms with van der Waals surface area (Å²) in [5.41, 5.74) is 0.378. The number of amides is 1. The van der Waals surface area contributed by atoms with Gasteiger partial charge in [0.1, 0.15) is 0 Å². The third-order valence-corrected chi connectivity index (χ3v) is 6.47. The first-order valence-electron chi connectivity index (χ1n) is 8.67. The Balaban J connectivity index is 2.08. The van der Waals surface area contributed by atoms with Crippen molar-refractivity contribution < 1.29 is 18.0 Å². The standard InChI is InChI=1S/C18H26N2O4S/c1-4-6-14(2)18(22)19-9-11-20(12-10-19)25(23,24)17-8-5-7-16(13-17)15(3)21/h5,7-8,13-14H,4,6,9-12H2,1-3H3. The van der Waals surface area contributed by atoms with Crippen molar-refractivity contribution in [2.45, 2.75) is 38.5 Å². The lowest BCUT2D eigenvalue weighted by Crippen LogP contribution is -2.51. The van der Waals surface area contributed by atoms with Crippen LogP contribution in [0.5, 0.6) is 0 Å². The van der Waals surface area contributed by atoms with Crippen molar-refractivity contribution in [3.63, 3.8) is 0 Å². The third-order valence-electron chi connectivity index (χ3n) is 4.57. The summed E-state index contributed by atoms with van der Waals surface area (Å²) in [4.78, 5) is 25.7. The van der Waals surface area contributed by atoms with E-state index in [4.69, 9.17) is 0 Å². The van der Waals surface area contributed by atoms with Gasteiger partial charge in [-0.2, -0.15) is 4.31 Å². The molecule has 25 heavy (non-hydrogen) atoms. The van der Waals surface area contributed by atoms with Gasteiger partial charge >= 0.3 is 0 Å². The summed E-state index contributed by atoms with van der Waals surface area (Å²) in [6, 6.07) is 6.10. The molecule has 0 radical (unpaired) electrons. The molecular weight excluding hydrogens is 340 g/mol. The number of rotatable bonds is 6. The summed E-state index contributed by atoms with van der Waals surface area (Å²) in [5.74, 6) is -0.102. The Labute approximate surface area is 149 Å². The Morgan fingerprint density at radius 3 is 2.36 bits per heavy atom. The monoisotopic (exact) mass is 366 g/mol. The van der Waals surface area contributed by atoms with E-state index in [1.54, 1.807) is 17.0 Å². The van der Waals surface area contributed by atoms with E-state index >= 15 is 0 Å². The predicted molar refractivity (Wildman–Crippen MR) is 95.9 cm³/mol. The lowest BCUT2D eigenvalue weighted by atomic mass is 10.0. The molecule has 1 atom stereocenters. The second kappa shape index (κ2) is 8.10. The van der Waals surface area contributed by atoms with Gasteiger partial charge in [0.25, 0.3) is 0 Å². The molecule has 1 saturated heterocycles. The third kappa shape index (κ3) is 4.46. The average molecular weight is 366 g/mol. The van der Waals surface area contributed by atoms with Crippen LogP contribution < -0.4 is 0 Å². The minimum atomic E-state index is -3.65. The van der Waals surface area contributed by atoms with Crippen molar-refractivity contribution in [2.75, 3.05) is 26.2 Å². The Kier molecular flexibility index (Phi) is 6.35. The summed E-state index contributed by atoms with van der Waals surface area (Å²) < 4.78 is 27.0. The van der Waals surface area contributed by atoms with Crippen LogP contribution in [-0.2, 0) is 14.8 Å². The molecule has 1 fully saturated rings. The highest BCUT2D eigenvalue weighted by atomic mass is 32.2. The first-order valence-corrected chi connectivity index (χ1v) is 10.1. The van der Waals surface area contributed by atoms with E-state index < -0.39 is 10.0 Å². The molecule has 0 bridgehead atoms. The van der Waals surface area contributed by atoms with E-state index in [-0.39, 0.29) is 35.6 Å². The smallest absolute Gasteiger partial charge is 0.243 e. The second-order valence-corrected chi connectivity index (χ2v) is 8.44. The molecule has 7 heteroatoms. The maximum atomic E-state index is 12.8. The number of carbonyl (C=O) groups excluding carboxylic acids is 2. The van der Waals surface area contributed by atoms with E-state index in [2.05, 4.69) is 0 Å². The second-order valence-electron chi connectivity index (χ2n) is 6.50. The predicted octanol–water partition coefficient (Wildman–Crippen LogP) is 2.16. The molecular formula is C18H26N2O4S. The van der Waals surface area contributed by atoms with Gasteiger partial charge in [-0.25, -0.2) is 8.42 Å². The molecule has 0 aliphatic carbocycles. The number of Topliss-reactive ketones (excluding diaryl/α,β-unsaturated/α-hetero) is 1. The van der Waals surface area contributed by atoms with Crippen molar-refractivity contribution >= 4 is 21.7 Å². The lowest BCUT2D eigenvalue weighted by molar-refractivity contribution is -0.136. The van der Waals surface area contributed by atoms with Crippen molar-refractivity contribution in [1.29, 1.82) is 0 Å². The molecule has 0 aromatic heterocycles. The Hall–Kier alpha value is -1.73. The maximum Gasteiger partial charge on any atom is 0.243 e. The Bertz CT molecular complexity index is 737. The molecule has 0 saturated carbocycles. The molecule has 138 valence electrons. The van der Waals surface area contributed by atoms with E-state index in [9.17, 15) is 18.0 Å². The number of piperazine rings is 1. The van der Waals surface area contributed by atoms with Crippen LogP contribution in [0.1, 0.15) is 44.0 Å². The van der Waals surface area contributed by atoms with Gasteiger partial charge < -0.3 is 4.90 Å². The number of hydrogen-bond donors (Lipinski definition) is 0. The molecule has 1 aliphatic heterocycles. The summed E-state index contributed by atoms with van der Waals surface area (Å²) in [6.45, 7) is 6.73. The molecule has 1 unspecified atom stereocenters. The van der Waals surface area contributed by atoms with Gasteiger partial charge in [-0.3, -0.25) is 9.59 Å². The van der Waals surface area contributed by atoms with Gasteiger partial charge in [0.2, 0.25) is 15.9 Å². The summed E-state index contributed by atoms with van der Waals surface area (Å²) in [5, 5.41) is 0. The fraction of sp³-hybridized carbons (Fsp3) is 0.556. The summed E-state index contributed by atoms with van der Waals surface area (Å²) in [7, 11) is -3.65. The first-order chi connectivity index (χ1) is 11.8. The van der Waals surface area contributed by atoms with Gasteiger partial charge in [0, 0.05) is 37.7 Å². The maximum absolute atomic E-state index is 12.8. The fourth-order valence-corrected chi connectivity index (χ4v) is 4.51. The van der Waals surface area contributed by atoms with Gasteiger partial charge in [0.05, 0.1) is 4.90 Å². The first kappa shape index (κ1) is 19.6. The summed E-state index contributed by atoms with van der Waals surface area (Å²) in [6.07, 6.45) is 1.79. The van der Waals surface area contributed by atoms with Gasteiger partial charge in [0.15, 0.2) is 5.78 Å². The molecule has 1 heterocycles. The highest BCUT2D eigenvalue weighted by molar-refractivity contribution is 7.89. The highest BCUT2D eigenvalue weighted by Gasteiger charge is 2.31. The number of carbonyl (C=O) groups is 2. The molecule has 0 N–H and O–H groups in total. The molecule has 1 amide bonds. The van der Waals surface area contributed by atoms with Crippen LogP contribution in [0.3, 0.4) is 0 Å². The molecule has 0 spiro atoms. The number of hydrogen-bond acceptors (Lipinski definition) is 4. The molecule has 1 aliphatic rings. The highest BCUT2D eigenvalue weighted by Crippen LogP contribution is 2.20. The minimum Gasteiger partial charge on any atom is -0.340 e. The SMILES string of the molecule is CCCC(C)C(=O)N1CCN(S(=O)(=O)c2cccc(C(C)=O)c2)CC1. The Morgan fingerprint density at radius 2 is 1.80 bits per heavy atom. The van der Waals surface area contributed by atoms with Crippen LogP contribution in [0, 0.1) is 5.92 Å². The number of benzene rings is 1. The zero-order valence-electron chi connectivity index (χ0n) is 15.1. The van der Waals surface area contributed by atoms with Crippen molar-refractivity contribution in [3.05, 3.63) is 29.8 Å². The van der Waals surface area contributed by atoms with Crippen LogP contribution in [0.2, 0.25) is 0 Å². The van der Waals surface area contributed by atoms with Crippen LogP contribution in [-0.4, -0.2) is 55.5 Å². The summed E-state index contributed by atoms with van der Waals surface area (Å²) >= 11 is 0. The Morgan fingerprint density at radius 1 is 1.16 bits per heavy atom. The van der Waals surface area contributed by atoms with E-state index in [0.717, 1.165) is 12.8 Å². The van der Waals surface area contributed by atoms with Crippen molar-refractivity contribution in [1.82, 2.24) is 9.21 Å². The lowest BCUT2D eigenvalue weighted by Gasteiger charge is -2.35. The quantitative estimate of drug-likeness (QED) is 0.723. The minimum absolute atomic E-state index is 0.0274. The number of ketones is 1. The van der Waals surface area contributed by atoms with Crippen LogP contribution in [0.4, 0.5) is 0 Å². The van der Waals surface area contributed by atoms with Crippen LogP contribution in [0.15, 0.2) is 29.2 Å². The molecule has 1 aromatic rings. The molecule has 2 rings (SSSR count). The zero-order chi connectivity index (χ0) is 18.6. The van der Waals surface area contributed by atoms with Gasteiger partial charge in [-0.1, -0.05) is 32.4 Å². The number of sulfonamides is 1. The van der Waals surface area contributed by atoms with Crippen molar-refractivity contribution in [2.24, 2.45) is 5.92 Å². The normalized spacial score (nSPS) is 17.3. The van der Waals surface area contributed by atoms with E-state index in [0.29, 0.717) is 18.7 Å².